The van der Waals surface area contributed by atoms with Crippen molar-refractivity contribution in [2.24, 2.45) is 16.8 Å². The van der Waals surface area contributed by atoms with Gasteiger partial charge in [0.05, 0.1) is 17.7 Å². The number of hydrogen-bond donors (Lipinski definition) is 0. The van der Waals surface area contributed by atoms with E-state index in [4.69, 9.17) is 9.98 Å². The molecule has 0 spiro atoms. The molecule has 59 heavy (non-hydrogen) atoms. The van der Waals surface area contributed by atoms with E-state index in [1.165, 1.54) is 17.1 Å². The summed E-state index contributed by atoms with van der Waals surface area (Å²) < 4.78 is 33.6. The molecule has 0 radical (unpaired) electrons. The van der Waals surface area contributed by atoms with Crippen molar-refractivity contribution < 1.29 is 13.2 Å². The predicted molar refractivity (Wildman–Crippen MR) is 236 cm³/mol. The number of thiophene rings is 1. The van der Waals surface area contributed by atoms with Gasteiger partial charge in [-0.25, -0.2) is 22.7 Å². The van der Waals surface area contributed by atoms with Gasteiger partial charge >= 0.3 is 0 Å². The van der Waals surface area contributed by atoms with Gasteiger partial charge in [0.15, 0.2) is 0 Å². The van der Waals surface area contributed by atoms with Crippen molar-refractivity contribution >= 4 is 38.8 Å². The van der Waals surface area contributed by atoms with Gasteiger partial charge in [-0.05, 0) is 97.9 Å². The minimum Gasteiger partial charge on any atom is -0.341 e. The number of hydrogen-bond acceptors (Lipinski definition) is 6. The molecule has 1 unspecified atom stereocenters. The first kappa shape index (κ1) is 39.2. The molecule has 2 fully saturated rings. The Labute approximate surface area is 352 Å². The summed E-state index contributed by atoms with van der Waals surface area (Å²) in [4.78, 5) is 28.0. The number of carbonyl (C=O) groups is 1. The average molecular weight is 822 g/mol. The second-order valence-electron chi connectivity index (χ2n) is 16.2. The number of amides is 1. The molecule has 10 heteroatoms. The van der Waals surface area contributed by atoms with Gasteiger partial charge in [0, 0.05) is 35.6 Å². The van der Waals surface area contributed by atoms with Crippen LogP contribution in [-0.2, 0) is 26.8 Å². The van der Waals surface area contributed by atoms with Crippen molar-refractivity contribution in [3.63, 3.8) is 0 Å². The van der Waals surface area contributed by atoms with E-state index in [-0.39, 0.29) is 10.8 Å². The van der Waals surface area contributed by atoms with Gasteiger partial charge in [0.1, 0.15) is 22.3 Å². The van der Waals surface area contributed by atoms with Crippen molar-refractivity contribution in [1.82, 2.24) is 18.8 Å². The van der Waals surface area contributed by atoms with Crippen molar-refractivity contribution in [2.75, 3.05) is 13.1 Å². The minimum atomic E-state index is -4.13. The van der Waals surface area contributed by atoms with Gasteiger partial charge in [0.25, 0.3) is 10.0 Å². The summed E-state index contributed by atoms with van der Waals surface area (Å²) in [6.07, 6.45) is 8.31. The molecule has 4 heterocycles. The SMILES string of the molecule is CCC1=Nc2c(-c3cccs3)cccc2S(=O)(=O)N1C(CCCc1ncn(C(c2ccccc2)(c2ccccc2)c2ccccc2)c1C)C(=O)N1CCC(C2CC2)CC1. The average Bonchev–Trinajstić information content (AvgIpc) is 3.86. The number of aliphatic imine (C=N–C) groups is 1. The number of piperidine rings is 1. The van der Waals surface area contributed by atoms with Crippen LogP contribution >= 0.6 is 11.3 Å². The van der Waals surface area contributed by atoms with Crippen molar-refractivity contribution in [2.45, 2.75) is 81.7 Å². The molecule has 302 valence electrons. The number of para-hydroxylation sites is 1. The summed E-state index contributed by atoms with van der Waals surface area (Å²) >= 11 is 1.56. The Bertz CT molecular complexity index is 2450. The monoisotopic (exact) mass is 821 g/mol. The maximum absolute atomic E-state index is 14.9. The lowest BCUT2D eigenvalue weighted by Gasteiger charge is -2.40. The molecule has 0 bridgehead atoms. The standard InChI is InChI=1S/C49H51N5O3S2/c1-3-46-51-47-41(44-25-15-33-58-44)22-13-26-45(47)59(56,57)54(46)43(48(55)52-31-29-37(30-32-52)36-27-28-36)24-14-23-42-35(2)53(34-50-42)49(38-16-7-4-8-17-38,39-18-9-5-10-19-39)40-20-11-6-12-21-40/h4-13,15-22,25-26,33-34,36-37,43H,3,14,23-24,27-32H2,1-2H3. The second kappa shape index (κ2) is 16.4. The molecule has 1 aliphatic carbocycles. The third-order valence-electron chi connectivity index (χ3n) is 12.8. The molecule has 1 amide bonds. The first-order valence-electron chi connectivity index (χ1n) is 21.1. The molecule has 4 aromatic carbocycles. The number of benzene rings is 4. The predicted octanol–water partition coefficient (Wildman–Crippen LogP) is 10.2. The highest BCUT2D eigenvalue weighted by Crippen LogP contribution is 2.45. The quantitative estimate of drug-likeness (QED) is 0.109. The maximum atomic E-state index is 14.9. The van der Waals surface area contributed by atoms with Crippen LogP contribution in [0, 0.1) is 18.8 Å². The summed E-state index contributed by atoms with van der Waals surface area (Å²) in [6.45, 7) is 5.37. The molecule has 6 aromatic rings. The fourth-order valence-corrected chi connectivity index (χ4v) is 12.2. The lowest BCUT2D eigenvalue weighted by atomic mass is 9.76. The van der Waals surface area contributed by atoms with Crippen LogP contribution in [0.3, 0.4) is 0 Å². The Kier molecular flexibility index (Phi) is 10.9. The Morgan fingerprint density at radius 2 is 1.41 bits per heavy atom. The van der Waals surface area contributed by atoms with Gasteiger partial charge in [-0.3, -0.25) is 4.79 Å². The number of rotatable bonds is 13. The number of nitrogens with zero attached hydrogens (tertiary/aromatic N) is 5. The molecule has 1 saturated carbocycles. The highest BCUT2D eigenvalue weighted by molar-refractivity contribution is 7.90. The number of aromatic nitrogens is 2. The summed E-state index contributed by atoms with van der Waals surface area (Å²) in [5.41, 5.74) is 5.83. The Balaban J connectivity index is 1.07. The zero-order valence-corrected chi connectivity index (χ0v) is 35.4. The maximum Gasteiger partial charge on any atom is 0.268 e. The molecular weight excluding hydrogens is 771 g/mol. The smallest absolute Gasteiger partial charge is 0.268 e. The Morgan fingerprint density at radius 3 is 1.97 bits per heavy atom. The minimum absolute atomic E-state index is 0.125. The van der Waals surface area contributed by atoms with Gasteiger partial charge < -0.3 is 9.47 Å². The van der Waals surface area contributed by atoms with Gasteiger partial charge in [-0.15, -0.1) is 11.3 Å². The fourth-order valence-electron chi connectivity index (χ4n) is 9.64. The van der Waals surface area contributed by atoms with Crippen LogP contribution in [0.4, 0.5) is 5.69 Å². The topological polar surface area (TPSA) is 87.9 Å². The number of sulfonamides is 1. The van der Waals surface area contributed by atoms with E-state index >= 15 is 0 Å². The largest absolute Gasteiger partial charge is 0.341 e. The van der Waals surface area contributed by atoms with Crippen LogP contribution in [0.2, 0.25) is 0 Å². The molecule has 0 N–H and O–H groups in total. The number of fused-ring (bicyclic) bond motifs is 1. The van der Waals surface area contributed by atoms with Gasteiger partial charge in [-0.1, -0.05) is 116 Å². The van der Waals surface area contributed by atoms with E-state index in [0.717, 1.165) is 57.3 Å². The third kappa shape index (κ3) is 7.14. The van der Waals surface area contributed by atoms with E-state index in [2.05, 4.69) is 84.3 Å². The van der Waals surface area contributed by atoms with E-state index in [0.29, 0.717) is 56.2 Å². The van der Waals surface area contributed by atoms with Gasteiger partial charge in [0.2, 0.25) is 5.91 Å². The van der Waals surface area contributed by atoms with Crippen LogP contribution in [-0.4, -0.2) is 58.0 Å². The molecular formula is C49H51N5O3S2. The highest BCUT2D eigenvalue weighted by atomic mass is 32.2. The van der Waals surface area contributed by atoms with Crippen molar-refractivity contribution in [1.29, 1.82) is 0 Å². The molecule has 2 aliphatic heterocycles. The third-order valence-corrected chi connectivity index (χ3v) is 15.5. The summed E-state index contributed by atoms with van der Waals surface area (Å²) in [5.74, 6) is 1.72. The summed E-state index contributed by atoms with van der Waals surface area (Å²) in [6, 6.07) is 40.1. The van der Waals surface area contributed by atoms with Crippen LogP contribution in [0.25, 0.3) is 10.4 Å². The number of likely N-dealkylation sites (tertiary alicyclic amines) is 1. The van der Waals surface area contributed by atoms with Crippen molar-refractivity contribution in [3.8, 4) is 10.4 Å². The van der Waals surface area contributed by atoms with E-state index in [1.807, 2.05) is 59.9 Å². The molecule has 1 atom stereocenters. The van der Waals surface area contributed by atoms with Crippen LogP contribution in [0.5, 0.6) is 0 Å². The Hall–Kier alpha value is -5.32. The van der Waals surface area contributed by atoms with Crippen LogP contribution in [0.15, 0.2) is 143 Å². The highest BCUT2D eigenvalue weighted by Gasteiger charge is 2.45. The Morgan fingerprint density at radius 1 is 0.797 bits per heavy atom. The van der Waals surface area contributed by atoms with Crippen LogP contribution in [0.1, 0.15) is 79.9 Å². The van der Waals surface area contributed by atoms with E-state index in [1.54, 1.807) is 23.5 Å². The lowest BCUT2D eigenvalue weighted by Crippen LogP contribution is -2.55. The van der Waals surface area contributed by atoms with Crippen molar-refractivity contribution in [3.05, 3.63) is 161 Å². The molecule has 1 saturated heterocycles. The first-order chi connectivity index (χ1) is 28.8. The molecule has 2 aromatic heterocycles. The zero-order chi connectivity index (χ0) is 40.6. The normalized spacial score (nSPS) is 17.4. The number of imidazole rings is 1. The zero-order valence-electron chi connectivity index (χ0n) is 33.8. The fraction of sp³-hybridized carbons (Fsp3) is 0.327. The lowest BCUT2D eigenvalue weighted by molar-refractivity contribution is -0.136. The van der Waals surface area contributed by atoms with Crippen LogP contribution < -0.4 is 0 Å². The van der Waals surface area contributed by atoms with E-state index in [9.17, 15) is 13.2 Å². The molecule has 8 nitrogen and oxygen atoms in total. The van der Waals surface area contributed by atoms with E-state index < -0.39 is 21.6 Å². The van der Waals surface area contributed by atoms with Gasteiger partial charge in [-0.2, -0.15) is 0 Å². The number of amidine groups is 1. The number of aryl methyl sites for hydroxylation is 1. The second-order valence-corrected chi connectivity index (χ2v) is 18.9. The first-order valence-corrected chi connectivity index (χ1v) is 23.4. The number of carbonyl (C=O) groups excluding carboxylic acids is 1. The molecule has 3 aliphatic rings. The summed E-state index contributed by atoms with van der Waals surface area (Å²) in [7, 11) is -4.13. The summed E-state index contributed by atoms with van der Waals surface area (Å²) in [5, 5.41) is 1.99. The molecule has 9 rings (SSSR count).